The molecule has 6 heteroatoms. The van der Waals surface area contributed by atoms with Gasteiger partial charge in [-0.15, -0.1) is 0 Å². The van der Waals surface area contributed by atoms with Crippen molar-refractivity contribution < 1.29 is 24.2 Å². The second-order valence-electron chi connectivity index (χ2n) is 4.58. The van der Waals surface area contributed by atoms with Gasteiger partial charge in [-0.05, 0) is 24.1 Å². The zero-order valence-corrected chi connectivity index (χ0v) is 12.5. The van der Waals surface area contributed by atoms with E-state index in [9.17, 15) is 9.59 Å². The molecule has 1 atom stereocenters. The van der Waals surface area contributed by atoms with Crippen LogP contribution in [0.25, 0.3) is 0 Å². The lowest BCUT2D eigenvalue weighted by Crippen LogP contribution is -2.29. The number of aliphatic carboxylic acids is 1. The second kappa shape index (κ2) is 8.14. The minimum Gasteiger partial charge on any atom is -0.493 e. The standard InChI is InChI=1S/C15H21NO5/c1-4-5-14(17)16-11(9-15(18)19)10-6-7-12(20-2)13(8-10)21-3/h6-8,11H,4-5,9H2,1-3H3,(H,16,17)(H,18,19). The van der Waals surface area contributed by atoms with E-state index in [1.165, 1.54) is 14.2 Å². The molecule has 116 valence electrons. The van der Waals surface area contributed by atoms with Crippen LogP contribution in [0, 0.1) is 0 Å². The van der Waals surface area contributed by atoms with Gasteiger partial charge in [-0.1, -0.05) is 13.0 Å². The maximum absolute atomic E-state index is 11.7. The molecule has 1 rings (SSSR count). The van der Waals surface area contributed by atoms with Gasteiger partial charge < -0.3 is 19.9 Å². The van der Waals surface area contributed by atoms with Gasteiger partial charge in [0.15, 0.2) is 11.5 Å². The van der Waals surface area contributed by atoms with Gasteiger partial charge in [-0.3, -0.25) is 9.59 Å². The van der Waals surface area contributed by atoms with E-state index in [-0.39, 0.29) is 12.3 Å². The molecule has 0 aromatic heterocycles. The van der Waals surface area contributed by atoms with E-state index in [4.69, 9.17) is 14.6 Å². The van der Waals surface area contributed by atoms with E-state index in [2.05, 4.69) is 5.32 Å². The maximum atomic E-state index is 11.7. The van der Waals surface area contributed by atoms with Crippen molar-refractivity contribution in [1.82, 2.24) is 5.32 Å². The number of ether oxygens (including phenoxy) is 2. The summed E-state index contributed by atoms with van der Waals surface area (Å²) in [7, 11) is 3.03. The third-order valence-electron chi connectivity index (χ3n) is 3.00. The molecule has 0 aliphatic carbocycles. The average Bonchev–Trinajstić information content (AvgIpc) is 2.45. The molecule has 0 bridgehead atoms. The Morgan fingerprint density at radius 2 is 1.90 bits per heavy atom. The fraction of sp³-hybridized carbons (Fsp3) is 0.467. The Balaban J connectivity index is 3.01. The molecule has 0 aliphatic heterocycles. The molecule has 1 aromatic carbocycles. The second-order valence-corrected chi connectivity index (χ2v) is 4.58. The number of carboxylic acids is 1. The Morgan fingerprint density at radius 1 is 1.24 bits per heavy atom. The molecule has 1 amide bonds. The normalized spacial score (nSPS) is 11.6. The summed E-state index contributed by atoms with van der Waals surface area (Å²) in [5.41, 5.74) is 0.666. The van der Waals surface area contributed by atoms with Crippen molar-refractivity contribution in [1.29, 1.82) is 0 Å². The summed E-state index contributed by atoms with van der Waals surface area (Å²) < 4.78 is 10.3. The molecule has 0 fully saturated rings. The highest BCUT2D eigenvalue weighted by Gasteiger charge is 2.19. The van der Waals surface area contributed by atoms with Crippen LogP contribution in [0.3, 0.4) is 0 Å². The number of hydrogen-bond acceptors (Lipinski definition) is 4. The predicted octanol–water partition coefficient (Wildman–Crippen LogP) is 2.14. The molecule has 2 N–H and O–H groups in total. The van der Waals surface area contributed by atoms with Crippen molar-refractivity contribution in [3.05, 3.63) is 23.8 Å². The molecule has 0 radical (unpaired) electrons. The van der Waals surface area contributed by atoms with Gasteiger partial charge in [0.05, 0.1) is 26.7 Å². The summed E-state index contributed by atoms with van der Waals surface area (Å²) >= 11 is 0. The number of hydrogen-bond donors (Lipinski definition) is 2. The van der Waals surface area contributed by atoms with Crippen LogP contribution >= 0.6 is 0 Å². The first-order valence-corrected chi connectivity index (χ1v) is 6.74. The fourth-order valence-corrected chi connectivity index (χ4v) is 1.99. The zero-order chi connectivity index (χ0) is 15.8. The first-order valence-electron chi connectivity index (χ1n) is 6.74. The average molecular weight is 295 g/mol. The van der Waals surface area contributed by atoms with Crippen molar-refractivity contribution >= 4 is 11.9 Å². The summed E-state index contributed by atoms with van der Waals surface area (Å²) in [4.78, 5) is 22.7. The molecule has 0 heterocycles. The summed E-state index contributed by atoms with van der Waals surface area (Å²) in [6.45, 7) is 1.89. The highest BCUT2D eigenvalue weighted by Crippen LogP contribution is 2.31. The minimum absolute atomic E-state index is 0.168. The van der Waals surface area contributed by atoms with E-state index in [1.807, 2.05) is 6.92 Å². The van der Waals surface area contributed by atoms with Gasteiger partial charge in [-0.2, -0.15) is 0 Å². The lowest BCUT2D eigenvalue weighted by atomic mass is 10.0. The van der Waals surface area contributed by atoms with Gasteiger partial charge in [0, 0.05) is 6.42 Å². The van der Waals surface area contributed by atoms with Crippen LogP contribution in [0.15, 0.2) is 18.2 Å². The van der Waals surface area contributed by atoms with Crippen molar-refractivity contribution in [2.45, 2.75) is 32.2 Å². The Bertz CT molecular complexity index is 501. The smallest absolute Gasteiger partial charge is 0.305 e. The number of carbonyl (C=O) groups is 2. The number of methoxy groups -OCH3 is 2. The van der Waals surface area contributed by atoms with Crippen LogP contribution in [0.4, 0.5) is 0 Å². The molecule has 1 unspecified atom stereocenters. The van der Waals surface area contributed by atoms with Crippen LogP contribution < -0.4 is 14.8 Å². The molecule has 0 saturated heterocycles. The summed E-state index contributed by atoms with van der Waals surface area (Å²) in [6.07, 6.45) is 0.881. The Morgan fingerprint density at radius 3 is 2.43 bits per heavy atom. The Hall–Kier alpha value is -2.24. The fourth-order valence-electron chi connectivity index (χ4n) is 1.99. The lowest BCUT2D eigenvalue weighted by molar-refractivity contribution is -0.137. The van der Waals surface area contributed by atoms with Crippen molar-refractivity contribution in [2.75, 3.05) is 14.2 Å². The van der Waals surface area contributed by atoms with Crippen LogP contribution in [0.2, 0.25) is 0 Å². The van der Waals surface area contributed by atoms with E-state index in [0.29, 0.717) is 29.9 Å². The molecule has 1 aromatic rings. The van der Waals surface area contributed by atoms with Crippen molar-refractivity contribution in [3.63, 3.8) is 0 Å². The molecule has 0 aliphatic rings. The zero-order valence-electron chi connectivity index (χ0n) is 12.5. The van der Waals surface area contributed by atoms with Crippen LogP contribution in [-0.2, 0) is 9.59 Å². The van der Waals surface area contributed by atoms with Crippen LogP contribution in [-0.4, -0.2) is 31.2 Å². The van der Waals surface area contributed by atoms with E-state index < -0.39 is 12.0 Å². The molecule has 0 spiro atoms. The number of nitrogens with one attached hydrogen (secondary N) is 1. The van der Waals surface area contributed by atoms with Gasteiger partial charge in [0.1, 0.15) is 0 Å². The van der Waals surface area contributed by atoms with Gasteiger partial charge in [0.2, 0.25) is 5.91 Å². The highest BCUT2D eigenvalue weighted by molar-refractivity contribution is 5.77. The predicted molar refractivity (Wildman–Crippen MR) is 77.6 cm³/mol. The topological polar surface area (TPSA) is 84.9 Å². The highest BCUT2D eigenvalue weighted by atomic mass is 16.5. The largest absolute Gasteiger partial charge is 0.493 e. The van der Waals surface area contributed by atoms with E-state index >= 15 is 0 Å². The minimum atomic E-state index is -0.980. The molecule has 21 heavy (non-hydrogen) atoms. The first kappa shape index (κ1) is 16.8. The van der Waals surface area contributed by atoms with Crippen LogP contribution in [0.5, 0.6) is 11.5 Å². The monoisotopic (exact) mass is 295 g/mol. The molecular weight excluding hydrogens is 274 g/mol. The lowest BCUT2D eigenvalue weighted by Gasteiger charge is -2.19. The number of amides is 1. The number of rotatable bonds is 8. The van der Waals surface area contributed by atoms with Crippen molar-refractivity contribution in [2.24, 2.45) is 0 Å². The number of carbonyl (C=O) groups excluding carboxylic acids is 1. The van der Waals surface area contributed by atoms with Gasteiger partial charge >= 0.3 is 5.97 Å². The Kier molecular flexibility index (Phi) is 6.52. The van der Waals surface area contributed by atoms with Gasteiger partial charge in [0.25, 0.3) is 0 Å². The van der Waals surface area contributed by atoms with Gasteiger partial charge in [-0.25, -0.2) is 0 Å². The molecule has 0 saturated carbocycles. The quantitative estimate of drug-likeness (QED) is 0.767. The summed E-state index contributed by atoms with van der Waals surface area (Å²) in [6, 6.07) is 4.50. The van der Waals surface area contributed by atoms with E-state index in [0.717, 1.165) is 0 Å². The number of carboxylic acid groups (broad SMARTS) is 1. The summed E-state index contributed by atoms with van der Waals surface area (Å²) in [5, 5.41) is 11.7. The Labute approximate surface area is 124 Å². The molecule has 6 nitrogen and oxygen atoms in total. The summed E-state index contributed by atoms with van der Waals surface area (Å²) in [5.74, 6) is -0.101. The first-order chi connectivity index (χ1) is 10.0. The number of benzene rings is 1. The van der Waals surface area contributed by atoms with E-state index in [1.54, 1.807) is 18.2 Å². The SMILES string of the molecule is CCCC(=O)NC(CC(=O)O)c1ccc(OC)c(OC)c1. The molecular formula is C15H21NO5. The third-order valence-corrected chi connectivity index (χ3v) is 3.00. The maximum Gasteiger partial charge on any atom is 0.305 e. The third kappa shape index (κ3) is 4.98. The van der Waals surface area contributed by atoms with Crippen LogP contribution in [0.1, 0.15) is 37.8 Å². The van der Waals surface area contributed by atoms with Crippen molar-refractivity contribution in [3.8, 4) is 11.5 Å².